The average Bonchev–Trinajstić information content (AvgIpc) is 2.74. The fraction of sp³-hybridized carbons (Fsp3) is 0.741. The minimum Gasteiger partial charge on any atom is -0.461 e. The number of aryl methyl sites for hydroxylation is 1. The van der Waals surface area contributed by atoms with Crippen molar-refractivity contribution in [2.24, 2.45) is 5.92 Å². The molecule has 1 aromatic carbocycles. The summed E-state index contributed by atoms with van der Waals surface area (Å²) < 4.78 is 5.43. The van der Waals surface area contributed by atoms with E-state index >= 15 is 0 Å². The van der Waals surface area contributed by atoms with E-state index in [1.165, 1.54) is 89.0 Å². The zero-order valence-electron chi connectivity index (χ0n) is 18.9. The van der Waals surface area contributed by atoms with Crippen LogP contribution in [-0.2, 0) is 16.0 Å². The maximum atomic E-state index is 11.8. The van der Waals surface area contributed by atoms with Gasteiger partial charge in [0.25, 0.3) is 0 Å². The van der Waals surface area contributed by atoms with E-state index in [9.17, 15) is 4.79 Å². The molecule has 1 fully saturated rings. The van der Waals surface area contributed by atoms with Gasteiger partial charge in [-0.15, -0.1) is 0 Å². The highest BCUT2D eigenvalue weighted by Gasteiger charge is 2.40. The molecule has 1 aromatic rings. The van der Waals surface area contributed by atoms with Crippen LogP contribution in [0.15, 0.2) is 30.3 Å². The Morgan fingerprint density at radius 3 is 1.86 bits per heavy atom. The van der Waals surface area contributed by atoms with Crippen LogP contribution in [0.2, 0.25) is 0 Å². The van der Waals surface area contributed by atoms with Crippen LogP contribution in [0.4, 0.5) is 0 Å². The van der Waals surface area contributed by atoms with Crippen LogP contribution in [-0.4, -0.2) is 12.1 Å². The third-order valence-corrected chi connectivity index (χ3v) is 6.43. The average molecular weight is 401 g/mol. The highest BCUT2D eigenvalue weighted by atomic mass is 16.6. The van der Waals surface area contributed by atoms with E-state index in [0.717, 1.165) is 25.7 Å². The molecule has 2 heteroatoms. The molecule has 0 amide bonds. The van der Waals surface area contributed by atoms with Gasteiger partial charge >= 0.3 is 5.97 Å². The summed E-state index contributed by atoms with van der Waals surface area (Å²) in [5, 5.41) is 0. The van der Waals surface area contributed by atoms with Crippen molar-refractivity contribution in [3.63, 3.8) is 0 Å². The monoisotopic (exact) mass is 400 g/mol. The third kappa shape index (κ3) is 10.3. The molecule has 1 heterocycles. The van der Waals surface area contributed by atoms with Crippen LogP contribution in [0, 0.1) is 5.92 Å². The van der Waals surface area contributed by atoms with Crippen LogP contribution in [0.5, 0.6) is 0 Å². The smallest absolute Gasteiger partial charge is 0.313 e. The SMILES string of the molecule is CCCCCCCCCCCCC[C@H]1OC(=O)[C@@H]1CCCCCc1ccccc1. The van der Waals surface area contributed by atoms with Gasteiger partial charge < -0.3 is 4.74 Å². The molecular formula is C27H44O2. The molecule has 0 aromatic heterocycles. The maximum absolute atomic E-state index is 11.8. The van der Waals surface area contributed by atoms with Gasteiger partial charge in [-0.1, -0.05) is 114 Å². The number of hydrogen-bond acceptors (Lipinski definition) is 2. The Hall–Kier alpha value is -1.31. The molecule has 0 radical (unpaired) electrons. The molecule has 2 atom stereocenters. The first-order valence-electron chi connectivity index (χ1n) is 12.6. The number of hydrogen-bond donors (Lipinski definition) is 0. The van der Waals surface area contributed by atoms with Crippen molar-refractivity contribution in [1.82, 2.24) is 0 Å². The number of esters is 1. The van der Waals surface area contributed by atoms with E-state index in [1.807, 2.05) is 0 Å². The lowest BCUT2D eigenvalue weighted by molar-refractivity contribution is -0.186. The van der Waals surface area contributed by atoms with Crippen molar-refractivity contribution < 1.29 is 9.53 Å². The largest absolute Gasteiger partial charge is 0.461 e. The van der Waals surface area contributed by atoms with Crippen LogP contribution >= 0.6 is 0 Å². The Morgan fingerprint density at radius 2 is 1.24 bits per heavy atom. The second-order valence-electron chi connectivity index (χ2n) is 8.99. The minimum atomic E-state index is 0.0566. The predicted molar refractivity (Wildman–Crippen MR) is 123 cm³/mol. The zero-order chi connectivity index (χ0) is 20.6. The van der Waals surface area contributed by atoms with Gasteiger partial charge in [-0.25, -0.2) is 0 Å². The Balaban J connectivity index is 1.40. The second kappa shape index (κ2) is 15.5. The van der Waals surface area contributed by atoms with Crippen molar-refractivity contribution in [3.05, 3.63) is 35.9 Å². The Labute approximate surface area is 179 Å². The molecule has 1 aliphatic rings. The molecular weight excluding hydrogens is 356 g/mol. The quantitative estimate of drug-likeness (QED) is 0.184. The Kier molecular flexibility index (Phi) is 12.8. The number of rotatable bonds is 18. The molecule has 1 aliphatic heterocycles. The molecule has 2 rings (SSSR count). The molecule has 0 N–H and O–H groups in total. The van der Waals surface area contributed by atoms with Crippen LogP contribution in [0.25, 0.3) is 0 Å². The standard InChI is InChI=1S/C27H44O2/c1-2-3-4-5-6-7-8-9-10-11-18-23-26-25(27(28)29-26)22-17-13-16-21-24-19-14-12-15-20-24/h12,14-15,19-20,25-26H,2-11,13,16-18,21-23H2,1H3/t25-,26-/m1/s1. The van der Waals surface area contributed by atoms with Gasteiger partial charge in [0, 0.05) is 0 Å². The number of unbranched alkanes of at least 4 members (excludes halogenated alkanes) is 12. The molecule has 1 saturated heterocycles. The summed E-state index contributed by atoms with van der Waals surface area (Å²) in [4.78, 5) is 11.8. The summed E-state index contributed by atoms with van der Waals surface area (Å²) in [7, 11) is 0. The lowest BCUT2D eigenvalue weighted by atomic mass is 9.87. The van der Waals surface area contributed by atoms with Gasteiger partial charge in [-0.3, -0.25) is 4.79 Å². The molecule has 0 spiro atoms. The van der Waals surface area contributed by atoms with Crippen molar-refractivity contribution >= 4 is 5.97 Å². The molecule has 0 bridgehead atoms. The number of benzene rings is 1. The van der Waals surface area contributed by atoms with Crippen LogP contribution in [0.1, 0.15) is 115 Å². The number of ether oxygens (including phenoxy) is 1. The normalized spacial score (nSPS) is 18.4. The van der Waals surface area contributed by atoms with Crippen LogP contribution in [0.3, 0.4) is 0 Å². The lowest BCUT2D eigenvalue weighted by Crippen LogP contribution is -2.44. The summed E-state index contributed by atoms with van der Waals surface area (Å²) >= 11 is 0. The molecule has 2 nitrogen and oxygen atoms in total. The van der Waals surface area contributed by atoms with E-state index in [1.54, 1.807) is 0 Å². The van der Waals surface area contributed by atoms with Crippen LogP contribution < -0.4 is 0 Å². The lowest BCUT2D eigenvalue weighted by Gasteiger charge is -2.35. The molecule has 29 heavy (non-hydrogen) atoms. The van der Waals surface area contributed by atoms with Gasteiger partial charge in [-0.05, 0) is 37.7 Å². The first kappa shape index (κ1) is 24.0. The summed E-state index contributed by atoms with van der Waals surface area (Å²) in [5.74, 6) is 0.246. The van der Waals surface area contributed by atoms with Gasteiger partial charge in [-0.2, -0.15) is 0 Å². The first-order chi connectivity index (χ1) is 14.3. The summed E-state index contributed by atoms with van der Waals surface area (Å²) in [6.45, 7) is 2.28. The van der Waals surface area contributed by atoms with E-state index < -0.39 is 0 Å². The highest BCUT2D eigenvalue weighted by Crippen LogP contribution is 2.31. The van der Waals surface area contributed by atoms with Crippen molar-refractivity contribution in [2.75, 3.05) is 0 Å². The maximum Gasteiger partial charge on any atom is 0.313 e. The van der Waals surface area contributed by atoms with Gasteiger partial charge in [0.2, 0.25) is 0 Å². The molecule has 164 valence electrons. The Morgan fingerprint density at radius 1 is 0.690 bits per heavy atom. The van der Waals surface area contributed by atoms with Crippen molar-refractivity contribution in [2.45, 2.75) is 122 Å². The third-order valence-electron chi connectivity index (χ3n) is 6.43. The Bertz CT molecular complexity index is 525. The van der Waals surface area contributed by atoms with E-state index in [0.29, 0.717) is 0 Å². The van der Waals surface area contributed by atoms with E-state index in [-0.39, 0.29) is 18.0 Å². The zero-order valence-corrected chi connectivity index (χ0v) is 18.9. The molecule has 0 aliphatic carbocycles. The van der Waals surface area contributed by atoms with Gasteiger partial charge in [0.1, 0.15) is 6.10 Å². The fourth-order valence-electron chi connectivity index (χ4n) is 4.49. The van der Waals surface area contributed by atoms with Crippen molar-refractivity contribution in [3.8, 4) is 0 Å². The number of carbonyl (C=O) groups excluding carboxylic acids is 1. The van der Waals surface area contributed by atoms with Gasteiger partial charge in [0.05, 0.1) is 5.92 Å². The molecule has 0 unspecified atom stereocenters. The van der Waals surface area contributed by atoms with Crippen molar-refractivity contribution in [1.29, 1.82) is 0 Å². The summed E-state index contributed by atoms with van der Waals surface area (Å²) in [5.41, 5.74) is 1.42. The predicted octanol–water partition coefficient (Wildman–Crippen LogP) is 8.03. The van der Waals surface area contributed by atoms with Gasteiger partial charge in [0.15, 0.2) is 0 Å². The van der Waals surface area contributed by atoms with E-state index in [2.05, 4.69) is 37.3 Å². The minimum absolute atomic E-state index is 0.0566. The topological polar surface area (TPSA) is 26.3 Å². The first-order valence-corrected chi connectivity index (χ1v) is 12.6. The number of cyclic esters (lactones) is 1. The summed E-state index contributed by atoms with van der Waals surface area (Å²) in [6.07, 6.45) is 22.1. The summed E-state index contributed by atoms with van der Waals surface area (Å²) in [6, 6.07) is 10.7. The van der Waals surface area contributed by atoms with E-state index in [4.69, 9.17) is 4.74 Å². The molecule has 0 saturated carbocycles. The second-order valence-corrected chi connectivity index (χ2v) is 8.99. The highest BCUT2D eigenvalue weighted by molar-refractivity contribution is 5.78. The fourth-order valence-corrected chi connectivity index (χ4v) is 4.49. The number of carbonyl (C=O) groups is 1.